The molecule has 7 heteroatoms. The van der Waals surface area contributed by atoms with Crippen LogP contribution < -0.4 is 5.56 Å². The third kappa shape index (κ3) is 2.74. The first-order chi connectivity index (χ1) is 7.71. The minimum atomic E-state index is -3.72. The van der Waals surface area contributed by atoms with E-state index >= 15 is 0 Å². The van der Waals surface area contributed by atoms with Gasteiger partial charge in [-0.15, -0.1) is 0 Å². The summed E-state index contributed by atoms with van der Waals surface area (Å²) in [4.78, 5) is 13.2. The monoisotopic (exact) mass is 260 g/mol. The van der Waals surface area contributed by atoms with Crippen molar-refractivity contribution in [2.24, 2.45) is 0 Å². The number of H-pyrrole nitrogens is 1. The molecule has 96 valence electrons. The standard InChI is InChI=1S/C10H16N2O4S/c1-10(2,7-13)12(3)17(15,16)8-4-5-9(14)11-6-8/h4-6,13H,7H2,1-3H3,(H,11,14). The first kappa shape index (κ1) is 13.9. The SMILES string of the molecule is CN(C(C)(C)CO)S(=O)(=O)c1ccc(=O)[nH]c1. The number of aromatic nitrogens is 1. The molecule has 2 N–H and O–H groups in total. The van der Waals surface area contributed by atoms with Gasteiger partial charge in [0, 0.05) is 19.3 Å². The lowest BCUT2D eigenvalue weighted by Crippen LogP contribution is -2.47. The Hall–Kier alpha value is -1.18. The molecule has 0 spiro atoms. The minimum absolute atomic E-state index is 0.0128. The molecule has 0 saturated carbocycles. The van der Waals surface area contributed by atoms with Crippen molar-refractivity contribution in [3.8, 4) is 0 Å². The van der Waals surface area contributed by atoms with E-state index in [1.165, 1.54) is 13.1 Å². The van der Waals surface area contributed by atoms with Gasteiger partial charge < -0.3 is 10.1 Å². The molecule has 0 aliphatic carbocycles. The number of aliphatic hydroxyl groups is 1. The van der Waals surface area contributed by atoms with E-state index in [2.05, 4.69) is 4.98 Å². The second kappa shape index (κ2) is 4.59. The van der Waals surface area contributed by atoms with E-state index < -0.39 is 15.6 Å². The van der Waals surface area contributed by atoms with E-state index in [1.54, 1.807) is 13.8 Å². The molecule has 1 aromatic rings. The summed E-state index contributed by atoms with van der Waals surface area (Å²) in [6.45, 7) is 2.92. The molecule has 0 aliphatic rings. The quantitative estimate of drug-likeness (QED) is 0.782. The maximum Gasteiger partial charge on any atom is 0.247 e. The number of rotatable bonds is 4. The van der Waals surface area contributed by atoms with Crippen molar-refractivity contribution in [1.82, 2.24) is 9.29 Å². The van der Waals surface area contributed by atoms with Gasteiger partial charge >= 0.3 is 0 Å². The Morgan fingerprint density at radius 1 is 1.41 bits per heavy atom. The fraction of sp³-hybridized carbons (Fsp3) is 0.500. The normalized spacial score (nSPS) is 13.0. The smallest absolute Gasteiger partial charge is 0.247 e. The summed E-state index contributed by atoms with van der Waals surface area (Å²) in [6.07, 6.45) is 1.14. The molecule has 0 bridgehead atoms. The first-order valence-corrected chi connectivity index (χ1v) is 6.44. The van der Waals surface area contributed by atoms with Crippen LogP contribution >= 0.6 is 0 Å². The average Bonchev–Trinajstić information content (AvgIpc) is 2.28. The van der Waals surface area contributed by atoms with Crippen molar-refractivity contribution < 1.29 is 13.5 Å². The highest BCUT2D eigenvalue weighted by atomic mass is 32.2. The van der Waals surface area contributed by atoms with Crippen molar-refractivity contribution in [2.45, 2.75) is 24.3 Å². The third-order valence-corrected chi connectivity index (χ3v) is 4.72. The molecule has 0 saturated heterocycles. The van der Waals surface area contributed by atoms with Crippen LogP contribution in [0, 0.1) is 0 Å². The number of aromatic amines is 1. The van der Waals surface area contributed by atoms with Gasteiger partial charge in [0.05, 0.1) is 17.0 Å². The van der Waals surface area contributed by atoms with Crippen LogP contribution in [-0.4, -0.2) is 42.0 Å². The molecule has 6 nitrogen and oxygen atoms in total. The van der Waals surface area contributed by atoms with Crippen molar-refractivity contribution in [2.75, 3.05) is 13.7 Å². The summed E-state index contributed by atoms with van der Waals surface area (Å²) in [7, 11) is -2.34. The Morgan fingerprint density at radius 2 is 2.00 bits per heavy atom. The molecule has 1 rings (SSSR count). The van der Waals surface area contributed by atoms with Crippen molar-refractivity contribution in [3.63, 3.8) is 0 Å². The Labute approximate surface area is 100.0 Å². The number of sulfonamides is 1. The van der Waals surface area contributed by atoms with Crippen LogP contribution in [0.25, 0.3) is 0 Å². The zero-order valence-corrected chi connectivity index (χ0v) is 10.8. The number of nitrogens with zero attached hydrogens (tertiary/aromatic N) is 1. The summed E-state index contributed by atoms with van der Waals surface area (Å²) < 4.78 is 25.4. The summed E-state index contributed by atoms with van der Waals surface area (Å²) in [5.74, 6) is 0. The molecule has 0 fully saturated rings. The van der Waals surface area contributed by atoms with E-state index in [0.717, 1.165) is 16.6 Å². The Morgan fingerprint density at radius 3 is 2.41 bits per heavy atom. The number of hydrogen-bond acceptors (Lipinski definition) is 4. The van der Waals surface area contributed by atoms with Gasteiger partial charge in [-0.05, 0) is 19.9 Å². The van der Waals surface area contributed by atoms with E-state index in [1.807, 2.05) is 0 Å². The number of nitrogens with one attached hydrogen (secondary N) is 1. The van der Waals surface area contributed by atoms with Gasteiger partial charge in [-0.25, -0.2) is 8.42 Å². The van der Waals surface area contributed by atoms with Gasteiger partial charge in [0.25, 0.3) is 0 Å². The van der Waals surface area contributed by atoms with Crippen molar-refractivity contribution >= 4 is 10.0 Å². The average molecular weight is 260 g/mol. The Balaban J connectivity index is 3.20. The first-order valence-electron chi connectivity index (χ1n) is 5.00. The number of hydrogen-bond donors (Lipinski definition) is 2. The molecule has 17 heavy (non-hydrogen) atoms. The van der Waals surface area contributed by atoms with Crippen molar-refractivity contribution in [1.29, 1.82) is 0 Å². The molecule has 0 radical (unpaired) electrons. The fourth-order valence-corrected chi connectivity index (χ4v) is 2.61. The maximum atomic E-state index is 12.1. The molecule has 1 aromatic heterocycles. The summed E-state index contributed by atoms with van der Waals surface area (Å²) in [5, 5.41) is 9.15. The largest absolute Gasteiger partial charge is 0.394 e. The van der Waals surface area contributed by atoms with Gasteiger partial charge in [0.15, 0.2) is 0 Å². The van der Waals surface area contributed by atoms with Crippen LogP contribution in [0.4, 0.5) is 0 Å². The van der Waals surface area contributed by atoms with Gasteiger partial charge in [-0.1, -0.05) is 0 Å². The van der Waals surface area contributed by atoms with Crippen molar-refractivity contribution in [3.05, 3.63) is 28.7 Å². The summed E-state index contributed by atoms with van der Waals surface area (Å²) >= 11 is 0. The molecule has 0 aromatic carbocycles. The summed E-state index contributed by atoms with van der Waals surface area (Å²) in [6, 6.07) is 2.38. The predicted molar refractivity (Wildman–Crippen MR) is 63.2 cm³/mol. The highest BCUT2D eigenvalue weighted by molar-refractivity contribution is 7.89. The van der Waals surface area contributed by atoms with E-state index in [9.17, 15) is 13.2 Å². The highest BCUT2D eigenvalue weighted by Crippen LogP contribution is 2.21. The topological polar surface area (TPSA) is 90.5 Å². The summed E-state index contributed by atoms with van der Waals surface area (Å²) in [5.41, 5.74) is -1.28. The second-order valence-corrected chi connectivity index (χ2v) is 6.30. The lowest BCUT2D eigenvalue weighted by atomic mass is 10.1. The maximum absolute atomic E-state index is 12.1. The van der Waals surface area contributed by atoms with Crippen LogP contribution in [0.2, 0.25) is 0 Å². The van der Waals surface area contributed by atoms with E-state index in [0.29, 0.717) is 0 Å². The molecular formula is C10H16N2O4S. The number of likely N-dealkylation sites (N-methyl/N-ethyl adjacent to an activating group) is 1. The predicted octanol–water partition coefficient (Wildman–Crippen LogP) is -0.234. The van der Waals surface area contributed by atoms with Crippen LogP contribution in [0.3, 0.4) is 0 Å². The molecule has 0 unspecified atom stereocenters. The van der Waals surface area contributed by atoms with Gasteiger partial charge in [0.1, 0.15) is 0 Å². The van der Waals surface area contributed by atoms with Gasteiger partial charge in [-0.2, -0.15) is 4.31 Å². The number of pyridine rings is 1. The Bertz CT molecular complexity index is 527. The van der Waals surface area contributed by atoms with E-state index in [-0.39, 0.29) is 17.1 Å². The molecular weight excluding hydrogens is 244 g/mol. The van der Waals surface area contributed by atoms with Crippen LogP contribution in [0.15, 0.2) is 28.0 Å². The zero-order chi connectivity index (χ0) is 13.3. The molecule has 1 heterocycles. The van der Waals surface area contributed by atoms with Crippen LogP contribution in [0.1, 0.15) is 13.8 Å². The van der Waals surface area contributed by atoms with Crippen LogP contribution in [-0.2, 0) is 10.0 Å². The molecule has 0 aliphatic heterocycles. The van der Waals surface area contributed by atoms with E-state index in [4.69, 9.17) is 5.11 Å². The Kier molecular flexibility index (Phi) is 3.75. The highest BCUT2D eigenvalue weighted by Gasteiger charge is 2.33. The van der Waals surface area contributed by atoms with Crippen LogP contribution in [0.5, 0.6) is 0 Å². The number of aliphatic hydroxyl groups excluding tert-OH is 1. The molecule has 0 atom stereocenters. The lowest BCUT2D eigenvalue weighted by Gasteiger charge is -2.32. The fourth-order valence-electron chi connectivity index (χ4n) is 1.14. The third-order valence-electron chi connectivity index (χ3n) is 2.65. The molecule has 0 amide bonds. The van der Waals surface area contributed by atoms with Gasteiger partial charge in [0.2, 0.25) is 15.6 Å². The minimum Gasteiger partial charge on any atom is -0.394 e. The zero-order valence-electron chi connectivity index (χ0n) is 9.97. The van der Waals surface area contributed by atoms with Gasteiger partial charge in [-0.3, -0.25) is 4.79 Å². The lowest BCUT2D eigenvalue weighted by molar-refractivity contribution is 0.138. The second-order valence-electron chi connectivity index (χ2n) is 4.33.